The number of nitrogens with one attached hydrogen (secondary N) is 1. The summed E-state index contributed by atoms with van der Waals surface area (Å²) < 4.78 is 13.1. The SMILES string of the molecule is Cc1ccc(O[C@H](C)C(=O)NCCOc2ccc3nnc(-c4ccccc4)n3n2)cc1C. The van der Waals surface area contributed by atoms with Gasteiger partial charge >= 0.3 is 0 Å². The molecule has 8 heteroatoms. The van der Waals surface area contributed by atoms with E-state index >= 15 is 0 Å². The normalized spacial score (nSPS) is 11.8. The Kier molecular flexibility index (Phi) is 6.30. The average molecular weight is 431 g/mol. The third-order valence-electron chi connectivity index (χ3n) is 5.08. The number of fused-ring (bicyclic) bond motifs is 1. The van der Waals surface area contributed by atoms with Gasteiger partial charge in [-0.2, -0.15) is 4.52 Å². The Balaban J connectivity index is 1.30. The van der Waals surface area contributed by atoms with Crippen molar-refractivity contribution in [1.82, 2.24) is 25.1 Å². The zero-order chi connectivity index (χ0) is 22.5. The smallest absolute Gasteiger partial charge is 0.260 e. The van der Waals surface area contributed by atoms with Crippen molar-refractivity contribution < 1.29 is 14.3 Å². The van der Waals surface area contributed by atoms with Gasteiger partial charge in [0.1, 0.15) is 12.4 Å². The highest BCUT2D eigenvalue weighted by Gasteiger charge is 2.15. The summed E-state index contributed by atoms with van der Waals surface area (Å²) in [5, 5.41) is 15.6. The van der Waals surface area contributed by atoms with E-state index in [0.29, 0.717) is 29.6 Å². The van der Waals surface area contributed by atoms with Crippen LogP contribution >= 0.6 is 0 Å². The molecule has 1 amide bonds. The summed E-state index contributed by atoms with van der Waals surface area (Å²) in [5.74, 6) is 1.52. The van der Waals surface area contributed by atoms with Gasteiger partial charge in [0.15, 0.2) is 17.6 Å². The van der Waals surface area contributed by atoms with Gasteiger partial charge in [-0.25, -0.2) is 0 Å². The molecule has 0 aliphatic rings. The number of rotatable bonds is 8. The predicted octanol–water partition coefficient (Wildman–Crippen LogP) is 3.37. The number of ether oxygens (including phenoxy) is 2. The van der Waals surface area contributed by atoms with Gasteiger partial charge in [-0.1, -0.05) is 36.4 Å². The fourth-order valence-electron chi connectivity index (χ4n) is 3.13. The van der Waals surface area contributed by atoms with Crippen LogP contribution in [0.1, 0.15) is 18.1 Å². The largest absolute Gasteiger partial charge is 0.481 e. The zero-order valence-corrected chi connectivity index (χ0v) is 18.3. The highest BCUT2D eigenvalue weighted by molar-refractivity contribution is 5.80. The van der Waals surface area contributed by atoms with Crippen LogP contribution in [-0.4, -0.2) is 45.0 Å². The van der Waals surface area contributed by atoms with E-state index < -0.39 is 6.10 Å². The molecule has 2 aromatic heterocycles. The lowest BCUT2D eigenvalue weighted by Gasteiger charge is -2.15. The minimum absolute atomic E-state index is 0.208. The molecule has 2 heterocycles. The third kappa shape index (κ3) is 4.85. The lowest BCUT2D eigenvalue weighted by atomic mass is 10.1. The first-order valence-corrected chi connectivity index (χ1v) is 10.4. The maximum Gasteiger partial charge on any atom is 0.260 e. The second-order valence-electron chi connectivity index (χ2n) is 7.48. The monoisotopic (exact) mass is 431 g/mol. The molecule has 4 rings (SSSR count). The summed E-state index contributed by atoms with van der Waals surface area (Å²) in [4.78, 5) is 12.3. The average Bonchev–Trinajstić information content (AvgIpc) is 3.23. The van der Waals surface area contributed by atoms with Gasteiger partial charge in [-0.15, -0.1) is 15.3 Å². The molecule has 4 aromatic rings. The van der Waals surface area contributed by atoms with Crippen molar-refractivity contribution in [2.45, 2.75) is 26.9 Å². The number of carbonyl (C=O) groups is 1. The minimum Gasteiger partial charge on any atom is -0.481 e. The molecule has 0 bridgehead atoms. The Labute approximate surface area is 186 Å². The number of benzene rings is 2. The summed E-state index contributed by atoms with van der Waals surface area (Å²) in [6, 6.07) is 19.0. The summed E-state index contributed by atoms with van der Waals surface area (Å²) >= 11 is 0. The number of aryl methyl sites for hydroxylation is 2. The number of carbonyl (C=O) groups excluding carboxylic acids is 1. The molecule has 0 fully saturated rings. The summed E-state index contributed by atoms with van der Waals surface area (Å²) in [6.07, 6.45) is -0.614. The lowest BCUT2D eigenvalue weighted by molar-refractivity contribution is -0.127. The predicted molar refractivity (Wildman–Crippen MR) is 121 cm³/mol. The topological polar surface area (TPSA) is 90.6 Å². The molecule has 8 nitrogen and oxygen atoms in total. The Morgan fingerprint density at radius 1 is 1.03 bits per heavy atom. The maximum absolute atomic E-state index is 12.3. The second kappa shape index (κ2) is 9.47. The van der Waals surface area contributed by atoms with Crippen molar-refractivity contribution in [1.29, 1.82) is 0 Å². The number of aromatic nitrogens is 4. The second-order valence-corrected chi connectivity index (χ2v) is 7.48. The standard InChI is InChI=1S/C24H25N5O3/c1-16-9-10-20(15-17(16)2)32-18(3)24(30)25-13-14-31-22-12-11-21-26-27-23(29(21)28-22)19-7-5-4-6-8-19/h4-12,15,18H,13-14H2,1-3H3,(H,25,30)/t18-/m1/s1. The quantitative estimate of drug-likeness (QED) is 0.430. The van der Waals surface area contributed by atoms with Crippen molar-refractivity contribution in [2.75, 3.05) is 13.2 Å². The summed E-state index contributed by atoms with van der Waals surface area (Å²) in [5.41, 5.74) is 3.84. The van der Waals surface area contributed by atoms with E-state index in [2.05, 4.69) is 20.6 Å². The molecule has 0 radical (unpaired) electrons. The zero-order valence-electron chi connectivity index (χ0n) is 18.3. The molecule has 2 aromatic carbocycles. The molecular formula is C24H25N5O3. The molecule has 0 saturated carbocycles. The van der Waals surface area contributed by atoms with Crippen LogP contribution in [0.3, 0.4) is 0 Å². The van der Waals surface area contributed by atoms with E-state index in [4.69, 9.17) is 9.47 Å². The van der Waals surface area contributed by atoms with Gasteiger partial charge in [-0.3, -0.25) is 4.79 Å². The number of hydrogen-bond acceptors (Lipinski definition) is 6. The molecule has 1 atom stereocenters. The van der Waals surface area contributed by atoms with Crippen LogP contribution in [0, 0.1) is 13.8 Å². The minimum atomic E-state index is -0.614. The van der Waals surface area contributed by atoms with Gasteiger partial charge in [0.05, 0.1) is 6.54 Å². The van der Waals surface area contributed by atoms with E-state index in [9.17, 15) is 4.79 Å². The van der Waals surface area contributed by atoms with E-state index in [1.807, 2.05) is 62.4 Å². The third-order valence-corrected chi connectivity index (χ3v) is 5.08. The van der Waals surface area contributed by atoms with Crippen molar-refractivity contribution in [2.24, 2.45) is 0 Å². The lowest BCUT2D eigenvalue weighted by Crippen LogP contribution is -2.38. The Bertz CT molecular complexity index is 1220. The van der Waals surface area contributed by atoms with E-state index in [-0.39, 0.29) is 12.5 Å². The van der Waals surface area contributed by atoms with Gasteiger partial charge < -0.3 is 14.8 Å². The van der Waals surface area contributed by atoms with Gasteiger partial charge in [-0.05, 0) is 50.1 Å². The van der Waals surface area contributed by atoms with Crippen molar-refractivity contribution in [3.05, 3.63) is 71.8 Å². The highest BCUT2D eigenvalue weighted by Crippen LogP contribution is 2.19. The molecule has 1 N–H and O–H groups in total. The van der Waals surface area contributed by atoms with Crippen LogP contribution in [0.25, 0.3) is 17.0 Å². The molecule has 0 saturated heterocycles. The van der Waals surface area contributed by atoms with Crippen molar-refractivity contribution in [3.8, 4) is 23.0 Å². The number of amides is 1. The first-order chi connectivity index (χ1) is 15.5. The molecule has 32 heavy (non-hydrogen) atoms. The molecule has 0 spiro atoms. The first kappa shape index (κ1) is 21.3. The summed E-state index contributed by atoms with van der Waals surface area (Å²) in [7, 11) is 0. The Hall–Kier alpha value is -3.94. The van der Waals surface area contributed by atoms with Crippen LogP contribution in [-0.2, 0) is 4.79 Å². The first-order valence-electron chi connectivity index (χ1n) is 10.4. The summed E-state index contributed by atoms with van der Waals surface area (Å²) in [6.45, 7) is 6.36. The van der Waals surface area contributed by atoms with Gasteiger partial charge in [0.25, 0.3) is 5.91 Å². The number of hydrogen-bond donors (Lipinski definition) is 1. The van der Waals surface area contributed by atoms with Gasteiger partial charge in [0.2, 0.25) is 5.88 Å². The molecular weight excluding hydrogens is 406 g/mol. The van der Waals surface area contributed by atoms with Crippen molar-refractivity contribution in [3.63, 3.8) is 0 Å². The van der Waals surface area contributed by atoms with Crippen molar-refractivity contribution >= 4 is 11.6 Å². The molecule has 164 valence electrons. The molecule has 0 aliphatic carbocycles. The fraction of sp³-hybridized carbons (Fsp3) is 0.250. The Morgan fingerprint density at radius 2 is 1.84 bits per heavy atom. The van der Waals surface area contributed by atoms with Crippen LogP contribution < -0.4 is 14.8 Å². The maximum atomic E-state index is 12.3. The number of nitrogens with zero attached hydrogens (tertiary/aromatic N) is 4. The van der Waals surface area contributed by atoms with E-state index in [1.165, 1.54) is 5.56 Å². The van der Waals surface area contributed by atoms with Crippen LogP contribution in [0.5, 0.6) is 11.6 Å². The van der Waals surface area contributed by atoms with Gasteiger partial charge in [0, 0.05) is 11.6 Å². The fourth-order valence-corrected chi connectivity index (χ4v) is 3.13. The molecule has 0 unspecified atom stereocenters. The molecule has 0 aliphatic heterocycles. The van der Waals surface area contributed by atoms with Crippen LogP contribution in [0.4, 0.5) is 0 Å². The van der Waals surface area contributed by atoms with Crippen LogP contribution in [0.15, 0.2) is 60.7 Å². The van der Waals surface area contributed by atoms with E-state index in [1.54, 1.807) is 23.6 Å². The highest BCUT2D eigenvalue weighted by atomic mass is 16.5. The van der Waals surface area contributed by atoms with Crippen LogP contribution in [0.2, 0.25) is 0 Å². The van der Waals surface area contributed by atoms with E-state index in [0.717, 1.165) is 11.1 Å². The Morgan fingerprint density at radius 3 is 2.62 bits per heavy atom.